The highest BCUT2D eigenvalue weighted by atomic mass is 19.4. The highest BCUT2D eigenvalue weighted by Crippen LogP contribution is 2.30. The SMILES string of the molecule is Cc1ccc(CN(Cc2cccc(C(F)(F)F)c2)Cc2nc(C(=O)NC(C)c3ccccc3)co2)cc1. The largest absolute Gasteiger partial charge is 0.447 e. The van der Waals surface area contributed by atoms with Crippen molar-refractivity contribution in [1.29, 1.82) is 0 Å². The summed E-state index contributed by atoms with van der Waals surface area (Å²) < 4.78 is 45.3. The van der Waals surface area contributed by atoms with Gasteiger partial charge in [-0.25, -0.2) is 4.98 Å². The van der Waals surface area contributed by atoms with Crippen LogP contribution in [0.2, 0.25) is 0 Å². The Morgan fingerprint density at radius 1 is 0.946 bits per heavy atom. The van der Waals surface area contributed by atoms with Gasteiger partial charge in [0.25, 0.3) is 5.91 Å². The fourth-order valence-corrected chi connectivity index (χ4v) is 4.00. The Bertz CT molecular complexity index is 1320. The molecule has 3 aromatic carbocycles. The number of aryl methyl sites for hydroxylation is 1. The van der Waals surface area contributed by atoms with Gasteiger partial charge in [0, 0.05) is 13.1 Å². The van der Waals surface area contributed by atoms with E-state index >= 15 is 0 Å². The first-order valence-electron chi connectivity index (χ1n) is 11.9. The summed E-state index contributed by atoms with van der Waals surface area (Å²) in [5.74, 6) is -0.0640. The molecule has 0 aliphatic heterocycles. The van der Waals surface area contributed by atoms with Crippen molar-refractivity contribution < 1.29 is 22.4 Å². The number of rotatable bonds is 9. The number of benzene rings is 3. The molecule has 5 nitrogen and oxygen atoms in total. The number of hydrogen-bond donors (Lipinski definition) is 1. The second-order valence-electron chi connectivity index (χ2n) is 9.06. The number of nitrogens with one attached hydrogen (secondary N) is 1. The van der Waals surface area contributed by atoms with Crippen molar-refractivity contribution in [1.82, 2.24) is 15.2 Å². The monoisotopic (exact) mass is 507 g/mol. The average molecular weight is 508 g/mol. The number of carbonyl (C=O) groups excluding carboxylic acids is 1. The molecule has 1 atom stereocenters. The third-order valence-corrected chi connectivity index (χ3v) is 5.98. The smallest absolute Gasteiger partial charge is 0.416 e. The second-order valence-corrected chi connectivity index (χ2v) is 9.06. The van der Waals surface area contributed by atoms with Gasteiger partial charge < -0.3 is 9.73 Å². The Morgan fingerprint density at radius 2 is 1.65 bits per heavy atom. The Balaban J connectivity index is 1.49. The Kier molecular flexibility index (Phi) is 8.08. The average Bonchev–Trinajstić information content (AvgIpc) is 3.34. The van der Waals surface area contributed by atoms with Crippen molar-refractivity contribution in [2.24, 2.45) is 0 Å². The summed E-state index contributed by atoms with van der Waals surface area (Å²) in [7, 11) is 0. The van der Waals surface area contributed by atoms with Crippen LogP contribution in [-0.2, 0) is 25.8 Å². The number of carbonyl (C=O) groups is 1. The molecule has 8 heteroatoms. The van der Waals surface area contributed by atoms with Crippen LogP contribution in [0, 0.1) is 6.92 Å². The van der Waals surface area contributed by atoms with Crippen molar-refractivity contribution in [3.8, 4) is 0 Å². The highest BCUT2D eigenvalue weighted by molar-refractivity contribution is 5.92. The number of aromatic nitrogens is 1. The van der Waals surface area contributed by atoms with E-state index < -0.39 is 11.7 Å². The fraction of sp³-hybridized carbons (Fsp3) is 0.241. The van der Waals surface area contributed by atoms with Gasteiger partial charge in [0.15, 0.2) is 5.69 Å². The zero-order valence-electron chi connectivity index (χ0n) is 20.6. The van der Waals surface area contributed by atoms with Gasteiger partial charge in [0.1, 0.15) is 6.26 Å². The number of hydrogen-bond acceptors (Lipinski definition) is 4. The molecular weight excluding hydrogens is 479 g/mol. The van der Waals surface area contributed by atoms with E-state index in [1.54, 1.807) is 6.07 Å². The van der Waals surface area contributed by atoms with E-state index in [2.05, 4.69) is 10.3 Å². The Labute approximate surface area is 214 Å². The molecule has 4 aromatic rings. The van der Waals surface area contributed by atoms with Crippen LogP contribution in [0.25, 0.3) is 0 Å². The van der Waals surface area contributed by atoms with E-state index in [1.165, 1.54) is 12.3 Å². The van der Waals surface area contributed by atoms with E-state index in [0.29, 0.717) is 18.0 Å². The van der Waals surface area contributed by atoms with E-state index in [-0.39, 0.29) is 30.7 Å². The van der Waals surface area contributed by atoms with E-state index in [0.717, 1.165) is 28.8 Å². The highest BCUT2D eigenvalue weighted by Gasteiger charge is 2.30. The lowest BCUT2D eigenvalue weighted by Crippen LogP contribution is -2.27. The number of nitrogens with zero attached hydrogens (tertiary/aromatic N) is 2. The van der Waals surface area contributed by atoms with Crippen LogP contribution < -0.4 is 5.32 Å². The molecule has 1 aromatic heterocycles. The van der Waals surface area contributed by atoms with Gasteiger partial charge in [-0.15, -0.1) is 0 Å². The topological polar surface area (TPSA) is 58.4 Å². The molecule has 37 heavy (non-hydrogen) atoms. The first kappa shape index (κ1) is 26.2. The van der Waals surface area contributed by atoms with Crippen LogP contribution >= 0.6 is 0 Å². The van der Waals surface area contributed by atoms with E-state index in [1.807, 2.05) is 73.3 Å². The molecule has 0 spiro atoms. The molecular formula is C29H28F3N3O2. The van der Waals surface area contributed by atoms with Gasteiger partial charge >= 0.3 is 6.18 Å². The lowest BCUT2D eigenvalue weighted by Gasteiger charge is -2.22. The predicted molar refractivity (Wildman–Crippen MR) is 134 cm³/mol. The number of oxazole rings is 1. The summed E-state index contributed by atoms with van der Waals surface area (Å²) in [6, 6.07) is 22.6. The lowest BCUT2D eigenvalue weighted by molar-refractivity contribution is -0.137. The Hall–Kier alpha value is -3.91. The predicted octanol–water partition coefficient (Wildman–Crippen LogP) is 6.70. The minimum atomic E-state index is -4.42. The molecule has 1 N–H and O–H groups in total. The number of halogens is 3. The number of alkyl halides is 3. The molecule has 0 bridgehead atoms. The standard InChI is InChI=1S/C29H28F3N3O2/c1-20-11-13-22(14-12-20)16-35(17-23-7-6-10-25(15-23)29(30,31)32)18-27-34-26(19-37-27)28(36)33-21(2)24-8-4-3-5-9-24/h3-15,19,21H,16-18H2,1-2H3,(H,33,36). The first-order chi connectivity index (χ1) is 17.7. The summed E-state index contributed by atoms with van der Waals surface area (Å²) in [6.45, 7) is 4.79. The first-order valence-corrected chi connectivity index (χ1v) is 11.9. The third-order valence-electron chi connectivity index (χ3n) is 5.98. The molecule has 0 aliphatic carbocycles. The molecule has 0 saturated carbocycles. The van der Waals surface area contributed by atoms with Gasteiger partial charge in [0.2, 0.25) is 5.89 Å². The molecule has 4 rings (SSSR count). The molecule has 0 radical (unpaired) electrons. The van der Waals surface area contributed by atoms with Gasteiger partial charge in [-0.3, -0.25) is 9.69 Å². The van der Waals surface area contributed by atoms with Crippen molar-refractivity contribution in [2.45, 2.75) is 45.7 Å². The van der Waals surface area contributed by atoms with Gasteiger partial charge in [-0.2, -0.15) is 13.2 Å². The molecule has 192 valence electrons. The normalized spacial score (nSPS) is 12.5. The van der Waals surface area contributed by atoms with Crippen LogP contribution in [0.3, 0.4) is 0 Å². The molecule has 1 amide bonds. The van der Waals surface area contributed by atoms with Gasteiger partial charge in [-0.05, 0) is 36.6 Å². The Morgan fingerprint density at radius 3 is 2.35 bits per heavy atom. The van der Waals surface area contributed by atoms with Crippen molar-refractivity contribution >= 4 is 5.91 Å². The van der Waals surface area contributed by atoms with Crippen molar-refractivity contribution in [2.75, 3.05) is 0 Å². The minimum Gasteiger partial charge on any atom is -0.447 e. The lowest BCUT2D eigenvalue weighted by atomic mass is 10.1. The summed E-state index contributed by atoms with van der Waals surface area (Å²) >= 11 is 0. The maximum atomic E-state index is 13.2. The quantitative estimate of drug-likeness (QED) is 0.274. The van der Waals surface area contributed by atoms with Crippen LogP contribution in [-0.4, -0.2) is 15.8 Å². The summed E-state index contributed by atoms with van der Waals surface area (Å²) in [5.41, 5.74) is 3.04. The van der Waals surface area contributed by atoms with Crippen molar-refractivity contribution in [3.63, 3.8) is 0 Å². The van der Waals surface area contributed by atoms with Crippen LogP contribution in [0.5, 0.6) is 0 Å². The summed E-state index contributed by atoms with van der Waals surface area (Å²) in [4.78, 5) is 19.0. The summed E-state index contributed by atoms with van der Waals surface area (Å²) in [5, 5.41) is 2.90. The molecule has 0 saturated heterocycles. The van der Waals surface area contributed by atoms with Crippen LogP contribution in [0.4, 0.5) is 13.2 Å². The maximum Gasteiger partial charge on any atom is 0.416 e. The van der Waals surface area contributed by atoms with E-state index in [4.69, 9.17) is 4.42 Å². The third kappa shape index (κ3) is 7.30. The second kappa shape index (κ2) is 11.4. The number of amides is 1. The van der Waals surface area contributed by atoms with Gasteiger partial charge in [0.05, 0.1) is 18.2 Å². The van der Waals surface area contributed by atoms with Gasteiger partial charge in [-0.1, -0.05) is 78.4 Å². The molecule has 1 unspecified atom stereocenters. The zero-order chi connectivity index (χ0) is 26.4. The minimum absolute atomic E-state index is 0.145. The van der Waals surface area contributed by atoms with Crippen LogP contribution in [0.1, 0.15) is 57.2 Å². The molecule has 0 fully saturated rings. The summed E-state index contributed by atoms with van der Waals surface area (Å²) in [6.07, 6.45) is -3.11. The fourth-order valence-electron chi connectivity index (χ4n) is 4.00. The molecule has 1 heterocycles. The zero-order valence-corrected chi connectivity index (χ0v) is 20.6. The van der Waals surface area contributed by atoms with Crippen LogP contribution in [0.15, 0.2) is 89.5 Å². The van der Waals surface area contributed by atoms with E-state index in [9.17, 15) is 18.0 Å². The molecule has 0 aliphatic rings. The van der Waals surface area contributed by atoms with Crippen molar-refractivity contribution in [3.05, 3.63) is 125 Å². The maximum absolute atomic E-state index is 13.2.